The molecule has 27 heavy (non-hydrogen) atoms. The summed E-state index contributed by atoms with van der Waals surface area (Å²) >= 11 is 1.58. The van der Waals surface area contributed by atoms with E-state index in [9.17, 15) is 16.8 Å². The smallest absolute Gasteiger partial charge is 0.240 e. The minimum absolute atomic E-state index is 0.0200. The van der Waals surface area contributed by atoms with Crippen molar-refractivity contribution in [2.24, 2.45) is 0 Å². The van der Waals surface area contributed by atoms with Crippen molar-refractivity contribution in [1.82, 2.24) is 9.62 Å². The molecule has 0 amide bonds. The van der Waals surface area contributed by atoms with Gasteiger partial charge in [-0.1, -0.05) is 12.1 Å². The lowest BCUT2D eigenvalue weighted by Crippen LogP contribution is -2.43. The van der Waals surface area contributed by atoms with Gasteiger partial charge in [0.1, 0.15) is 0 Å². The number of hydrogen-bond donors (Lipinski definition) is 1. The summed E-state index contributed by atoms with van der Waals surface area (Å²) in [4.78, 5) is 3.19. The summed E-state index contributed by atoms with van der Waals surface area (Å²) in [6.45, 7) is 2.89. The third-order valence-corrected chi connectivity index (χ3v) is 7.87. The normalized spacial score (nSPS) is 17.7. The fourth-order valence-corrected chi connectivity index (χ4v) is 5.61. The molecule has 3 rings (SSSR count). The molecule has 1 aromatic carbocycles. The number of ether oxygens (including phenoxy) is 1. The first kappa shape index (κ1) is 20.4. The van der Waals surface area contributed by atoms with Gasteiger partial charge in [-0.25, -0.2) is 21.6 Å². The molecule has 7 nitrogen and oxygen atoms in total. The van der Waals surface area contributed by atoms with E-state index >= 15 is 0 Å². The first-order chi connectivity index (χ1) is 12.8. The summed E-state index contributed by atoms with van der Waals surface area (Å²) in [6.07, 6.45) is 1.05. The number of rotatable bonds is 7. The predicted molar refractivity (Wildman–Crippen MR) is 104 cm³/mol. The highest BCUT2D eigenvalue weighted by Gasteiger charge is 2.26. The Hall–Kier alpha value is -1.30. The Morgan fingerprint density at radius 2 is 1.81 bits per heavy atom. The summed E-state index contributed by atoms with van der Waals surface area (Å²) < 4.78 is 56.9. The molecule has 1 aliphatic heterocycles. The van der Waals surface area contributed by atoms with Gasteiger partial charge in [-0.05, 0) is 29.6 Å². The average Bonchev–Trinajstić information content (AvgIpc) is 3.16. The summed E-state index contributed by atoms with van der Waals surface area (Å²) in [6, 6.07) is 9.24. The molecule has 1 atom stereocenters. The zero-order valence-electron chi connectivity index (χ0n) is 14.9. The van der Waals surface area contributed by atoms with E-state index in [-0.39, 0.29) is 22.4 Å². The van der Waals surface area contributed by atoms with Crippen LogP contribution in [-0.4, -0.2) is 60.8 Å². The second kappa shape index (κ2) is 8.38. The minimum Gasteiger partial charge on any atom is -0.379 e. The van der Waals surface area contributed by atoms with E-state index in [1.165, 1.54) is 24.3 Å². The molecule has 1 fully saturated rings. The SMILES string of the molecule is CS(=O)(=O)c1cccc(S(=O)(=O)NCC(c2cccs2)N2CCOCC2)c1. The van der Waals surface area contributed by atoms with Crippen LogP contribution in [0.4, 0.5) is 0 Å². The number of sulfone groups is 1. The van der Waals surface area contributed by atoms with Crippen LogP contribution in [0.25, 0.3) is 0 Å². The molecule has 10 heteroatoms. The van der Waals surface area contributed by atoms with Crippen LogP contribution in [0.15, 0.2) is 51.6 Å². The Kier molecular flexibility index (Phi) is 6.34. The van der Waals surface area contributed by atoms with Gasteiger partial charge in [0.25, 0.3) is 0 Å². The number of hydrogen-bond acceptors (Lipinski definition) is 7. The lowest BCUT2D eigenvalue weighted by molar-refractivity contribution is 0.0179. The van der Waals surface area contributed by atoms with Crippen molar-refractivity contribution >= 4 is 31.2 Å². The number of morpholine rings is 1. The van der Waals surface area contributed by atoms with Gasteiger partial charge in [-0.2, -0.15) is 0 Å². The van der Waals surface area contributed by atoms with Crippen LogP contribution in [0.2, 0.25) is 0 Å². The van der Waals surface area contributed by atoms with Crippen molar-refractivity contribution in [3.8, 4) is 0 Å². The van der Waals surface area contributed by atoms with Crippen molar-refractivity contribution in [3.63, 3.8) is 0 Å². The standard InChI is InChI=1S/C17H22N2O5S3/c1-26(20,21)14-4-2-5-15(12-14)27(22,23)18-13-16(17-6-3-11-25-17)19-7-9-24-10-8-19/h2-6,11-12,16,18H,7-10,13H2,1H3. The Bertz CT molecular complexity index is 966. The van der Waals surface area contributed by atoms with Gasteiger partial charge < -0.3 is 4.74 Å². The lowest BCUT2D eigenvalue weighted by Gasteiger charge is -2.34. The van der Waals surface area contributed by atoms with Gasteiger partial charge in [0.15, 0.2) is 9.84 Å². The number of sulfonamides is 1. The molecular weight excluding hydrogens is 408 g/mol. The highest BCUT2D eigenvalue weighted by Crippen LogP contribution is 2.26. The molecule has 0 bridgehead atoms. The Morgan fingerprint density at radius 1 is 1.11 bits per heavy atom. The molecule has 0 radical (unpaired) electrons. The maximum Gasteiger partial charge on any atom is 0.240 e. The zero-order chi connectivity index (χ0) is 19.5. The van der Waals surface area contributed by atoms with Crippen LogP contribution < -0.4 is 4.72 Å². The van der Waals surface area contributed by atoms with Gasteiger partial charge >= 0.3 is 0 Å². The van der Waals surface area contributed by atoms with Crippen molar-refractivity contribution < 1.29 is 21.6 Å². The maximum atomic E-state index is 12.7. The van der Waals surface area contributed by atoms with E-state index in [2.05, 4.69) is 9.62 Å². The molecule has 1 N–H and O–H groups in total. The van der Waals surface area contributed by atoms with E-state index in [0.29, 0.717) is 13.2 Å². The van der Waals surface area contributed by atoms with Crippen molar-refractivity contribution in [2.45, 2.75) is 15.8 Å². The molecule has 148 valence electrons. The topological polar surface area (TPSA) is 92.8 Å². The molecule has 2 heterocycles. The number of nitrogens with one attached hydrogen (secondary N) is 1. The minimum atomic E-state index is -3.84. The van der Waals surface area contributed by atoms with E-state index in [1.54, 1.807) is 11.3 Å². The van der Waals surface area contributed by atoms with Crippen LogP contribution in [0.1, 0.15) is 10.9 Å². The predicted octanol–water partition coefficient (Wildman–Crippen LogP) is 1.50. The van der Waals surface area contributed by atoms with Gasteiger partial charge in [-0.15, -0.1) is 11.3 Å². The van der Waals surface area contributed by atoms with Gasteiger partial charge in [0.2, 0.25) is 10.0 Å². The monoisotopic (exact) mass is 430 g/mol. The van der Waals surface area contributed by atoms with Crippen LogP contribution >= 0.6 is 11.3 Å². The Morgan fingerprint density at radius 3 is 2.44 bits per heavy atom. The number of thiophene rings is 1. The third kappa shape index (κ3) is 5.15. The molecule has 0 saturated carbocycles. The van der Waals surface area contributed by atoms with Gasteiger partial charge in [-0.3, -0.25) is 4.90 Å². The second-order valence-electron chi connectivity index (χ2n) is 6.28. The van der Waals surface area contributed by atoms with Gasteiger partial charge in [0, 0.05) is 30.8 Å². The zero-order valence-corrected chi connectivity index (χ0v) is 17.3. The molecule has 2 aromatic rings. The molecule has 1 aromatic heterocycles. The fraction of sp³-hybridized carbons (Fsp3) is 0.412. The van der Waals surface area contributed by atoms with Crippen molar-refractivity contribution in [2.75, 3.05) is 39.1 Å². The molecule has 1 saturated heterocycles. The van der Waals surface area contributed by atoms with Crippen molar-refractivity contribution in [1.29, 1.82) is 0 Å². The first-order valence-corrected chi connectivity index (χ1v) is 12.7. The highest BCUT2D eigenvalue weighted by molar-refractivity contribution is 7.91. The van der Waals surface area contributed by atoms with E-state index < -0.39 is 19.9 Å². The van der Waals surface area contributed by atoms with E-state index in [4.69, 9.17) is 4.74 Å². The van der Waals surface area contributed by atoms with Crippen molar-refractivity contribution in [3.05, 3.63) is 46.7 Å². The fourth-order valence-electron chi connectivity index (χ4n) is 2.92. The number of benzene rings is 1. The summed E-state index contributed by atoms with van der Waals surface area (Å²) in [7, 11) is -7.32. The van der Waals surface area contributed by atoms with Crippen LogP contribution in [0.3, 0.4) is 0 Å². The third-order valence-electron chi connectivity index (χ3n) is 4.37. The van der Waals surface area contributed by atoms with E-state index in [0.717, 1.165) is 24.2 Å². The van der Waals surface area contributed by atoms with Crippen LogP contribution in [0.5, 0.6) is 0 Å². The molecule has 1 aliphatic rings. The summed E-state index contributed by atoms with van der Waals surface area (Å²) in [5.41, 5.74) is 0. The first-order valence-electron chi connectivity index (χ1n) is 8.42. The molecule has 0 aliphatic carbocycles. The Labute approximate surface area is 163 Å². The van der Waals surface area contributed by atoms with Gasteiger partial charge in [0.05, 0.1) is 29.0 Å². The largest absolute Gasteiger partial charge is 0.379 e. The molecular formula is C17H22N2O5S3. The van der Waals surface area contributed by atoms with Crippen LogP contribution in [-0.2, 0) is 24.6 Å². The molecule has 0 spiro atoms. The quantitative estimate of drug-likeness (QED) is 0.716. The van der Waals surface area contributed by atoms with Crippen LogP contribution in [0, 0.1) is 0 Å². The van der Waals surface area contributed by atoms with E-state index in [1.807, 2.05) is 17.5 Å². The summed E-state index contributed by atoms with van der Waals surface area (Å²) in [5, 5.41) is 1.97. The average molecular weight is 431 g/mol. The number of nitrogens with zero attached hydrogens (tertiary/aromatic N) is 1. The lowest BCUT2D eigenvalue weighted by atomic mass is 10.2. The molecule has 1 unspecified atom stereocenters. The summed E-state index contributed by atoms with van der Waals surface area (Å²) in [5.74, 6) is 0. The Balaban J connectivity index is 1.80. The maximum absolute atomic E-state index is 12.7. The highest BCUT2D eigenvalue weighted by atomic mass is 32.2. The second-order valence-corrected chi connectivity index (χ2v) is 11.0.